The van der Waals surface area contributed by atoms with Crippen molar-refractivity contribution in [1.82, 2.24) is 9.88 Å². The van der Waals surface area contributed by atoms with Crippen LogP contribution in [0, 0.1) is 0 Å². The standard InChI is InChI=1S/C12H21ClN4/c1-3-4-5-8-17(2)9-11-10(13)6-7-12(15-11)16-14/h6-7H,3-5,8-9,14H2,1-2H3,(H,15,16). The Labute approximate surface area is 108 Å². The van der Waals surface area contributed by atoms with E-state index in [4.69, 9.17) is 17.4 Å². The summed E-state index contributed by atoms with van der Waals surface area (Å²) in [4.78, 5) is 6.58. The fraction of sp³-hybridized carbons (Fsp3) is 0.583. The molecule has 0 spiro atoms. The Kier molecular flexibility index (Phi) is 6.26. The van der Waals surface area contributed by atoms with Crippen LogP contribution in [0.5, 0.6) is 0 Å². The van der Waals surface area contributed by atoms with Crippen LogP contribution in [0.25, 0.3) is 0 Å². The van der Waals surface area contributed by atoms with Crippen LogP contribution in [-0.2, 0) is 6.54 Å². The Morgan fingerprint density at radius 2 is 2.18 bits per heavy atom. The van der Waals surface area contributed by atoms with Crippen molar-refractivity contribution < 1.29 is 0 Å². The van der Waals surface area contributed by atoms with Gasteiger partial charge in [-0.1, -0.05) is 31.4 Å². The van der Waals surface area contributed by atoms with E-state index < -0.39 is 0 Å². The zero-order valence-electron chi connectivity index (χ0n) is 10.5. The molecular formula is C12H21ClN4. The highest BCUT2D eigenvalue weighted by atomic mass is 35.5. The predicted molar refractivity (Wildman–Crippen MR) is 72.9 cm³/mol. The van der Waals surface area contributed by atoms with E-state index in [1.165, 1.54) is 19.3 Å². The Bertz CT molecular complexity index is 343. The van der Waals surface area contributed by atoms with Crippen LogP contribution in [0.1, 0.15) is 31.9 Å². The van der Waals surface area contributed by atoms with E-state index in [0.717, 1.165) is 18.8 Å². The van der Waals surface area contributed by atoms with Gasteiger partial charge in [-0.2, -0.15) is 0 Å². The van der Waals surface area contributed by atoms with Gasteiger partial charge in [-0.3, -0.25) is 0 Å². The third kappa shape index (κ3) is 4.89. The van der Waals surface area contributed by atoms with Gasteiger partial charge in [0.15, 0.2) is 0 Å². The number of aromatic nitrogens is 1. The molecule has 0 aliphatic rings. The van der Waals surface area contributed by atoms with Crippen LogP contribution in [0.3, 0.4) is 0 Å². The van der Waals surface area contributed by atoms with Crippen molar-refractivity contribution in [2.75, 3.05) is 19.0 Å². The number of nitrogens with two attached hydrogens (primary N) is 1. The quantitative estimate of drug-likeness (QED) is 0.447. The molecular weight excluding hydrogens is 236 g/mol. The summed E-state index contributed by atoms with van der Waals surface area (Å²) in [6, 6.07) is 3.59. The Morgan fingerprint density at radius 3 is 2.82 bits per heavy atom. The van der Waals surface area contributed by atoms with Crippen LogP contribution in [0.2, 0.25) is 5.02 Å². The molecule has 17 heavy (non-hydrogen) atoms. The summed E-state index contributed by atoms with van der Waals surface area (Å²) in [5.41, 5.74) is 3.39. The number of hydrogen-bond donors (Lipinski definition) is 2. The Morgan fingerprint density at radius 1 is 1.41 bits per heavy atom. The molecule has 1 aromatic rings. The number of halogens is 1. The third-order valence-corrected chi connectivity index (χ3v) is 2.97. The highest BCUT2D eigenvalue weighted by Gasteiger charge is 2.06. The molecule has 1 rings (SSSR count). The maximum atomic E-state index is 6.10. The van der Waals surface area contributed by atoms with E-state index in [2.05, 4.69) is 29.3 Å². The number of nitrogens with zero attached hydrogens (tertiary/aromatic N) is 2. The largest absolute Gasteiger partial charge is 0.308 e. The van der Waals surface area contributed by atoms with Gasteiger partial charge in [0.2, 0.25) is 0 Å². The second-order valence-corrected chi connectivity index (χ2v) is 4.62. The molecule has 0 amide bonds. The number of hydrazine groups is 1. The highest BCUT2D eigenvalue weighted by Crippen LogP contribution is 2.17. The molecule has 0 radical (unpaired) electrons. The lowest BCUT2D eigenvalue weighted by Gasteiger charge is -2.17. The molecule has 0 saturated heterocycles. The smallest absolute Gasteiger partial charge is 0.140 e. The van der Waals surface area contributed by atoms with Crippen molar-refractivity contribution in [3.05, 3.63) is 22.8 Å². The van der Waals surface area contributed by atoms with Crippen molar-refractivity contribution in [3.63, 3.8) is 0 Å². The second kappa shape index (κ2) is 7.48. The van der Waals surface area contributed by atoms with E-state index in [-0.39, 0.29) is 0 Å². The average molecular weight is 257 g/mol. The molecule has 0 aromatic carbocycles. The van der Waals surface area contributed by atoms with Crippen LogP contribution in [0.4, 0.5) is 5.82 Å². The molecule has 0 saturated carbocycles. The molecule has 1 aromatic heterocycles. The second-order valence-electron chi connectivity index (χ2n) is 4.21. The maximum absolute atomic E-state index is 6.10. The maximum Gasteiger partial charge on any atom is 0.140 e. The SMILES string of the molecule is CCCCCN(C)Cc1nc(NN)ccc1Cl. The third-order valence-electron chi connectivity index (χ3n) is 2.63. The minimum atomic E-state index is 0.645. The van der Waals surface area contributed by atoms with Crippen LogP contribution < -0.4 is 11.3 Å². The molecule has 1 heterocycles. The average Bonchev–Trinajstić information content (AvgIpc) is 2.32. The minimum Gasteiger partial charge on any atom is -0.308 e. The molecule has 0 unspecified atom stereocenters. The van der Waals surface area contributed by atoms with Gasteiger partial charge in [-0.05, 0) is 32.1 Å². The number of nitrogen functional groups attached to an aromatic ring is 1. The number of anilines is 1. The van der Waals surface area contributed by atoms with Crippen molar-refractivity contribution in [1.29, 1.82) is 0 Å². The number of pyridine rings is 1. The molecule has 0 bridgehead atoms. The molecule has 0 aliphatic heterocycles. The number of unbranched alkanes of at least 4 members (excludes halogenated alkanes) is 2. The summed E-state index contributed by atoms with van der Waals surface area (Å²) in [5.74, 6) is 5.97. The molecule has 0 fully saturated rings. The molecule has 3 N–H and O–H groups in total. The first-order chi connectivity index (χ1) is 8.17. The monoisotopic (exact) mass is 256 g/mol. The summed E-state index contributed by atoms with van der Waals surface area (Å²) in [5, 5.41) is 0.686. The van der Waals surface area contributed by atoms with E-state index in [9.17, 15) is 0 Å². The molecule has 96 valence electrons. The van der Waals surface area contributed by atoms with Crippen LogP contribution in [-0.4, -0.2) is 23.5 Å². The van der Waals surface area contributed by atoms with Crippen LogP contribution >= 0.6 is 11.6 Å². The lowest BCUT2D eigenvalue weighted by molar-refractivity contribution is 0.314. The Balaban J connectivity index is 2.54. The summed E-state index contributed by atoms with van der Waals surface area (Å²) in [6.45, 7) is 4.01. The van der Waals surface area contributed by atoms with E-state index >= 15 is 0 Å². The Hall–Kier alpha value is -0.840. The first-order valence-electron chi connectivity index (χ1n) is 5.98. The zero-order valence-corrected chi connectivity index (χ0v) is 11.3. The number of rotatable bonds is 7. The van der Waals surface area contributed by atoms with Crippen molar-refractivity contribution >= 4 is 17.4 Å². The summed E-state index contributed by atoms with van der Waals surface area (Å²) >= 11 is 6.10. The predicted octanol–water partition coefficient (Wildman–Crippen LogP) is 2.64. The minimum absolute atomic E-state index is 0.645. The van der Waals surface area contributed by atoms with E-state index in [1.54, 1.807) is 6.07 Å². The summed E-state index contributed by atoms with van der Waals surface area (Å²) in [7, 11) is 2.08. The lowest BCUT2D eigenvalue weighted by atomic mass is 10.2. The van der Waals surface area contributed by atoms with Gasteiger partial charge < -0.3 is 10.3 Å². The van der Waals surface area contributed by atoms with Gasteiger partial charge >= 0.3 is 0 Å². The van der Waals surface area contributed by atoms with Gasteiger partial charge in [0.05, 0.1) is 10.7 Å². The number of nitrogens with one attached hydrogen (secondary N) is 1. The first-order valence-corrected chi connectivity index (χ1v) is 6.35. The van der Waals surface area contributed by atoms with Gasteiger partial charge in [0, 0.05) is 6.54 Å². The summed E-state index contributed by atoms with van der Waals surface area (Å²) in [6.07, 6.45) is 3.70. The summed E-state index contributed by atoms with van der Waals surface area (Å²) < 4.78 is 0. The normalized spacial score (nSPS) is 10.9. The van der Waals surface area contributed by atoms with Gasteiger partial charge in [0.25, 0.3) is 0 Å². The van der Waals surface area contributed by atoms with Gasteiger partial charge in [-0.15, -0.1) is 0 Å². The van der Waals surface area contributed by atoms with E-state index in [1.807, 2.05) is 6.07 Å². The van der Waals surface area contributed by atoms with E-state index in [0.29, 0.717) is 10.8 Å². The molecule has 4 nitrogen and oxygen atoms in total. The first kappa shape index (κ1) is 14.2. The topological polar surface area (TPSA) is 54.2 Å². The zero-order chi connectivity index (χ0) is 12.7. The molecule has 5 heteroatoms. The fourth-order valence-electron chi connectivity index (χ4n) is 1.64. The lowest BCUT2D eigenvalue weighted by Crippen LogP contribution is -2.20. The highest BCUT2D eigenvalue weighted by molar-refractivity contribution is 6.31. The number of hydrogen-bond acceptors (Lipinski definition) is 4. The van der Waals surface area contributed by atoms with Crippen LogP contribution in [0.15, 0.2) is 12.1 Å². The molecule has 0 atom stereocenters. The van der Waals surface area contributed by atoms with Gasteiger partial charge in [0.1, 0.15) is 5.82 Å². The van der Waals surface area contributed by atoms with Crippen molar-refractivity contribution in [3.8, 4) is 0 Å². The van der Waals surface area contributed by atoms with Gasteiger partial charge in [-0.25, -0.2) is 10.8 Å². The fourth-order valence-corrected chi connectivity index (χ4v) is 1.81. The molecule has 0 aliphatic carbocycles. The van der Waals surface area contributed by atoms with Crippen molar-refractivity contribution in [2.45, 2.75) is 32.7 Å². The van der Waals surface area contributed by atoms with Crippen molar-refractivity contribution in [2.24, 2.45) is 5.84 Å².